The molecule has 0 radical (unpaired) electrons. The number of rotatable bonds is 3. The number of aryl methyl sites for hydroxylation is 2. The second-order valence-electron chi connectivity index (χ2n) is 4.16. The van der Waals surface area contributed by atoms with Crippen molar-refractivity contribution in [1.29, 1.82) is 0 Å². The molecule has 1 unspecified atom stereocenters. The number of hydrogen-bond donors (Lipinski definition) is 1. The van der Waals surface area contributed by atoms with E-state index in [1.165, 1.54) is 12.1 Å². The molecule has 2 aromatic rings. The molecule has 0 saturated carbocycles. The molecule has 1 heterocycles. The Morgan fingerprint density at radius 3 is 2.29 bits per heavy atom. The fraction of sp³-hybridized carbons (Fsp3) is 0.286. The van der Waals surface area contributed by atoms with Crippen molar-refractivity contribution in [2.24, 2.45) is 0 Å². The van der Waals surface area contributed by atoms with Gasteiger partial charge in [-0.3, -0.25) is 0 Å². The van der Waals surface area contributed by atoms with Crippen molar-refractivity contribution in [2.45, 2.75) is 19.9 Å². The lowest BCUT2D eigenvalue weighted by molar-refractivity contribution is 0.443. The van der Waals surface area contributed by atoms with Crippen LogP contribution >= 0.6 is 0 Å². The van der Waals surface area contributed by atoms with Crippen molar-refractivity contribution >= 4 is 0 Å². The van der Waals surface area contributed by atoms with Gasteiger partial charge in [-0.25, -0.2) is 4.39 Å². The predicted molar refractivity (Wildman–Crippen MR) is 65.5 cm³/mol. The van der Waals surface area contributed by atoms with Gasteiger partial charge in [0, 0.05) is 0 Å². The minimum atomic E-state index is -0.226. The SMILES string of the molecule is CNC(c1ccc(F)cc1)c1cc(C)c(C)o1. The van der Waals surface area contributed by atoms with Crippen LogP contribution in [0.4, 0.5) is 4.39 Å². The summed E-state index contributed by atoms with van der Waals surface area (Å²) in [6, 6.07) is 8.43. The minimum Gasteiger partial charge on any atom is -0.464 e. The van der Waals surface area contributed by atoms with E-state index < -0.39 is 0 Å². The lowest BCUT2D eigenvalue weighted by Crippen LogP contribution is -2.16. The molecule has 1 aromatic heterocycles. The van der Waals surface area contributed by atoms with E-state index in [-0.39, 0.29) is 11.9 Å². The van der Waals surface area contributed by atoms with Gasteiger partial charge in [-0.15, -0.1) is 0 Å². The fourth-order valence-electron chi connectivity index (χ4n) is 1.87. The van der Waals surface area contributed by atoms with Crippen LogP contribution in [-0.2, 0) is 0 Å². The fourth-order valence-corrected chi connectivity index (χ4v) is 1.87. The number of benzene rings is 1. The zero-order valence-corrected chi connectivity index (χ0v) is 10.3. The van der Waals surface area contributed by atoms with Crippen LogP contribution in [0.3, 0.4) is 0 Å². The van der Waals surface area contributed by atoms with Crippen LogP contribution in [0.1, 0.15) is 28.7 Å². The average Bonchev–Trinajstić information content (AvgIpc) is 2.63. The smallest absolute Gasteiger partial charge is 0.125 e. The van der Waals surface area contributed by atoms with Crippen molar-refractivity contribution < 1.29 is 8.81 Å². The highest BCUT2D eigenvalue weighted by atomic mass is 19.1. The Bertz CT molecular complexity index is 482. The Balaban J connectivity index is 2.36. The molecule has 90 valence electrons. The van der Waals surface area contributed by atoms with Crippen molar-refractivity contribution in [3.8, 4) is 0 Å². The summed E-state index contributed by atoms with van der Waals surface area (Å²) in [6.07, 6.45) is 0. The maximum absolute atomic E-state index is 12.9. The molecule has 0 fully saturated rings. The Hall–Kier alpha value is -1.61. The summed E-state index contributed by atoms with van der Waals surface area (Å²) in [5.41, 5.74) is 2.12. The van der Waals surface area contributed by atoms with Crippen LogP contribution < -0.4 is 5.32 Å². The second-order valence-corrected chi connectivity index (χ2v) is 4.16. The molecule has 2 nitrogen and oxygen atoms in total. The Morgan fingerprint density at radius 1 is 1.18 bits per heavy atom. The van der Waals surface area contributed by atoms with Crippen LogP contribution in [0.15, 0.2) is 34.7 Å². The van der Waals surface area contributed by atoms with Crippen LogP contribution in [0.5, 0.6) is 0 Å². The van der Waals surface area contributed by atoms with Crippen molar-refractivity contribution in [3.05, 3.63) is 58.8 Å². The van der Waals surface area contributed by atoms with Gasteiger partial charge in [0.1, 0.15) is 17.3 Å². The van der Waals surface area contributed by atoms with Gasteiger partial charge in [0.25, 0.3) is 0 Å². The molecule has 0 aliphatic rings. The summed E-state index contributed by atoms with van der Waals surface area (Å²) < 4.78 is 18.6. The Labute approximate surface area is 100 Å². The van der Waals surface area contributed by atoms with E-state index in [9.17, 15) is 4.39 Å². The van der Waals surface area contributed by atoms with E-state index in [0.717, 1.165) is 22.6 Å². The molecule has 2 rings (SSSR count). The summed E-state index contributed by atoms with van der Waals surface area (Å²) in [7, 11) is 1.86. The van der Waals surface area contributed by atoms with Gasteiger partial charge in [0.05, 0.1) is 6.04 Å². The first-order valence-corrected chi connectivity index (χ1v) is 5.61. The van der Waals surface area contributed by atoms with E-state index >= 15 is 0 Å². The molecule has 0 aliphatic carbocycles. The van der Waals surface area contributed by atoms with E-state index in [1.807, 2.05) is 27.0 Å². The Kier molecular flexibility index (Phi) is 3.29. The minimum absolute atomic E-state index is 0.0389. The maximum Gasteiger partial charge on any atom is 0.125 e. The van der Waals surface area contributed by atoms with Gasteiger partial charge in [0.15, 0.2) is 0 Å². The number of halogens is 1. The molecular formula is C14H16FNO. The quantitative estimate of drug-likeness (QED) is 0.879. The molecule has 0 amide bonds. The van der Waals surface area contributed by atoms with Gasteiger partial charge >= 0.3 is 0 Å². The van der Waals surface area contributed by atoms with Gasteiger partial charge in [-0.1, -0.05) is 12.1 Å². The predicted octanol–water partition coefficient (Wildman–Crippen LogP) is 3.34. The average molecular weight is 233 g/mol. The second kappa shape index (κ2) is 4.72. The summed E-state index contributed by atoms with van der Waals surface area (Å²) in [6.45, 7) is 3.95. The standard InChI is InChI=1S/C14H16FNO/c1-9-8-13(17-10(9)2)14(16-3)11-4-6-12(15)7-5-11/h4-8,14,16H,1-3H3. The van der Waals surface area contributed by atoms with Crippen LogP contribution in [0.25, 0.3) is 0 Å². The van der Waals surface area contributed by atoms with Crippen molar-refractivity contribution in [2.75, 3.05) is 7.05 Å². The molecule has 1 atom stereocenters. The highest BCUT2D eigenvalue weighted by Crippen LogP contribution is 2.25. The van der Waals surface area contributed by atoms with Gasteiger partial charge in [0.2, 0.25) is 0 Å². The van der Waals surface area contributed by atoms with Crippen LogP contribution in [-0.4, -0.2) is 7.05 Å². The van der Waals surface area contributed by atoms with E-state index in [4.69, 9.17) is 4.42 Å². The maximum atomic E-state index is 12.9. The van der Waals surface area contributed by atoms with Crippen LogP contribution in [0, 0.1) is 19.7 Å². The first kappa shape index (κ1) is 11.9. The Morgan fingerprint density at radius 2 is 1.82 bits per heavy atom. The summed E-state index contributed by atoms with van der Waals surface area (Å²) in [5.74, 6) is 1.55. The lowest BCUT2D eigenvalue weighted by Gasteiger charge is -2.13. The third kappa shape index (κ3) is 2.39. The highest BCUT2D eigenvalue weighted by Gasteiger charge is 2.16. The molecule has 1 N–H and O–H groups in total. The van der Waals surface area contributed by atoms with E-state index in [1.54, 1.807) is 12.1 Å². The number of hydrogen-bond acceptors (Lipinski definition) is 2. The first-order chi connectivity index (χ1) is 8.11. The molecule has 17 heavy (non-hydrogen) atoms. The monoisotopic (exact) mass is 233 g/mol. The number of nitrogens with one attached hydrogen (secondary N) is 1. The highest BCUT2D eigenvalue weighted by molar-refractivity contribution is 5.30. The van der Waals surface area contributed by atoms with Gasteiger partial charge in [-0.05, 0) is 50.2 Å². The summed E-state index contributed by atoms with van der Waals surface area (Å²) in [4.78, 5) is 0. The largest absolute Gasteiger partial charge is 0.464 e. The summed E-state index contributed by atoms with van der Waals surface area (Å²) >= 11 is 0. The molecule has 0 bridgehead atoms. The molecule has 0 aliphatic heterocycles. The molecule has 0 saturated heterocycles. The first-order valence-electron chi connectivity index (χ1n) is 5.61. The molecule has 0 spiro atoms. The number of furan rings is 1. The third-order valence-corrected chi connectivity index (χ3v) is 2.96. The third-order valence-electron chi connectivity index (χ3n) is 2.96. The van der Waals surface area contributed by atoms with Crippen molar-refractivity contribution in [3.63, 3.8) is 0 Å². The zero-order chi connectivity index (χ0) is 12.4. The topological polar surface area (TPSA) is 25.2 Å². The van der Waals surface area contributed by atoms with E-state index in [0.29, 0.717) is 0 Å². The van der Waals surface area contributed by atoms with Gasteiger partial charge < -0.3 is 9.73 Å². The van der Waals surface area contributed by atoms with Crippen LogP contribution in [0.2, 0.25) is 0 Å². The lowest BCUT2D eigenvalue weighted by atomic mass is 10.0. The molecular weight excluding hydrogens is 217 g/mol. The van der Waals surface area contributed by atoms with Crippen molar-refractivity contribution in [1.82, 2.24) is 5.32 Å². The van der Waals surface area contributed by atoms with E-state index in [2.05, 4.69) is 5.32 Å². The molecule has 3 heteroatoms. The molecule has 1 aromatic carbocycles. The summed E-state index contributed by atoms with van der Waals surface area (Å²) in [5, 5.41) is 3.18. The van der Waals surface area contributed by atoms with Gasteiger partial charge in [-0.2, -0.15) is 0 Å². The zero-order valence-electron chi connectivity index (χ0n) is 10.3. The normalized spacial score (nSPS) is 12.7.